The summed E-state index contributed by atoms with van der Waals surface area (Å²) in [5, 5.41) is 9.03. The van der Waals surface area contributed by atoms with Crippen LogP contribution in [0.4, 0.5) is 0 Å². The van der Waals surface area contributed by atoms with Gasteiger partial charge in [-0.05, 0) is 29.0 Å². The molecule has 1 fully saturated rings. The number of allylic oxidation sites excluding steroid dienone is 2. The smallest absolute Gasteiger partial charge is 0.307 e. The van der Waals surface area contributed by atoms with Crippen LogP contribution in [0.15, 0.2) is 30.3 Å². The van der Waals surface area contributed by atoms with Gasteiger partial charge in [-0.1, -0.05) is 44.2 Å². The Kier molecular flexibility index (Phi) is 2.00. The summed E-state index contributed by atoms with van der Waals surface area (Å²) in [5.74, 6) is -0.586. The van der Waals surface area contributed by atoms with Crippen LogP contribution in [0.5, 0.6) is 0 Å². The molecule has 2 aliphatic rings. The molecule has 0 aliphatic heterocycles. The molecule has 0 spiro atoms. The molecule has 2 unspecified atom stereocenters. The summed E-state index contributed by atoms with van der Waals surface area (Å²) in [6.45, 7) is 4.38. The van der Waals surface area contributed by atoms with Crippen molar-refractivity contribution < 1.29 is 9.90 Å². The number of carbonyl (C=O) groups is 1. The maximum atomic E-state index is 11.0. The van der Waals surface area contributed by atoms with E-state index in [0.29, 0.717) is 0 Å². The third-order valence-electron chi connectivity index (χ3n) is 3.96. The van der Waals surface area contributed by atoms with Gasteiger partial charge in [0.25, 0.3) is 0 Å². The Hall–Kier alpha value is -1.57. The Morgan fingerprint density at radius 3 is 2.71 bits per heavy atom. The van der Waals surface area contributed by atoms with Crippen LogP contribution in [0, 0.1) is 11.8 Å². The third-order valence-corrected chi connectivity index (χ3v) is 3.96. The molecule has 0 amide bonds. The Bertz CT molecular complexity index is 525. The molecule has 2 heteroatoms. The number of fused-ring (bicyclic) bond motifs is 1. The highest BCUT2D eigenvalue weighted by Crippen LogP contribution is 2.54. The van der Waals surface area contributed by atoms with Crippen LogP contribution >= 0.6 is 0 Å². The summed E-state index contributed by atoms with van der Waals surface area (Å²) < 4.78 is 0. The SMILES string of the molecule is CC1(C)C=C(C2CC2C(=O)O)c2ccccc21. The summed E-state index contributed by atoms with van der Waals surface area (Å²) in [5.41, 5.74) is 3.87. The molecule has 0 aromatic heterocycles. The van der Waals surface area contributed by atoms with Crippen LogP contribution in [0.3, 0.4) is 0 Å². The molecule has 1 aromatic rings. The predicted octanol–water partition coefficient (Wildman–Crippen LogP) is 3.08. The van der Waals surface area contributed by atoms with Gasteiger partial charge in [0, 0.05) is 5.41 Å². The van der Waals surface area contributed by atoms with E-state index in [9.17, 15) is 4.79 Å². The third kappa shape index (κ3) is 1.51. The molecular formula is C15H16O2. The highest BCUT2D eigenvalue weighted by atomic mass is 16.4. The summed E-state index contributed by atoms with van der Waals surface area (Å²) >= 11 is 0. The molecule has 1 aromatic carbocycles. The van der Waals surface area contributed by atoms with Crippen molar-refractivity contribution in [3.05, 3.63) is 41.5 Å². The second-order valence-corrected chi connectivity index (χ2v) is 5.65. The van der Waals surface area contributed by atoms with Crippen molar-refractivity contribution in [1.82, 2.24) is 0 Å². The quantitative estimate of drug-likeness (QED) is 0.844. The molecule has 0 heterocycles. The lowest BCUT2D eigenvalue weighted by molar-refractivity contribution is -0.138. The summed E-state index contributed by atoms with van der Waals surface area (Å²) in [7, 11) is 0. The highest BCUT2D eigenvalue weighted by molar-refractivity contribution is 5.85. The number of carboxylic acid groups (broad SMARTS) is 1. The normalized spacial score (nSPS) is 28.5. The molecule has 1 N–H and O–H groups in total. The van der Waals surface area contributed by atoms with Gasteiger partial charge < -0.3 is 5.11 Å². The fourth-order valence-corrected chi connectivity index (χ4v) is 2.96. The van der Waals surface area contributed by atoms with Crippen molar-refractivity contribution in [2.75, 3.05) is 0 Å². The fraction of sp³-hybridized carbons (Fsp3) is 0.400. The van der Waals surface area contributed by atoms with Crippen LogP contribution in [0.1, 0.15) is 31.4 Å². The molecule has 2 aliphatic carbocycles. The summed E-state index contributed by atoms with van der Waals surface area (Å²) in [6, 6.07) is 8.36. The van der Waals surface area contributed by atoms with Gasteiger partial charge in [0.2, 0.25) is 0 Å². The van der Waals surface area contributed by atoms with E-state index in [-0.39, 0.29) is 17.3 Å². The van der Waals surface area contributed by atoms with Crippen molar-refractivity contribution in [2.45, 2.75) is 25.7 Å². The first-order valence-corrected chi connectivity index (χ1v) is 6.06. The number of benzene rings is 1. The number of rotatable bonds is 2. The zero-order valence-electron chi connectivity index (χ0n) is 10.1. The van der Waals surface area contributed by atoms with Gasteiger partial charge in [0.05, 0.1) is 5.92 Å². The topological polar surface area (TPSA) is 37.3 Å². The molecule has 0 bridgehead atoms. The summed E-state index contributed by atoms with van der Waals surface area (Å²) in [6.07, 6.45) is 3.05. The first-order valence-electron chi connectivity index (χ1n) is 6.06. The standard InChI is InChI=1S/C15H16O2/c1-15(2)8-12(10-7-11(10)14(16)17)9-5-3-4-6-13(9)15/h3-6,8,10-11H,7H2,1-2H3,(H,16,17). The fourth-order valence-electron chi connectivity index (χ4n) is 2.96. The minimum atomic E-state index is -0.655. The first kappa shape index (κ1) is 10.6. The molecule has 1 saturated carbocycles. The lowest BCUT2D eigenvalue weighted by atomic mass is 9.87. The minimum absolute atomic E-state index is 0.0393. The lowest BCUT2D eigenvalue weighted by Crippen LogP contribution is -2.10. The zero-order valence-corrected chi connectivity index (χ0v) is 10.1. The van der Waals surface area contributed by atoms with E-state index in [1.807, 2.05) is 6.07 Å². The maximum Gasteiger partial charge on any atom is 0.307 e. The van der Waals surface area contributed by atoms with Gasteiger partial charge in [-0.25, -0.2) is 0 Å². The largest absolute Gasteiger partial charge is 0.481 e. The van der Waals surface area contributed by atoms with Crippen LogP contribution in [0.2, 0.25) is 0 Å². The number of aliphatic carboxylic acids is 1. The monoisotopic (exact) mass is 228 g/mol. The van der Waals surface area contributed by atoms with Crippen LogP contribution in [-0.2, 0) is 10.2 Å². The van der Waals surface area contributed by atoms with E-state index >= 15 is 0 Å². The van der Waals surface area contributed by atoms with Crippen LogP contribution in [-0.4, -0.2) is 11.1 Å². The van der Waals surface area contributed by atoms with Crippen molar-refractivity contribution in [2.24, 2.45) is 11.8 Å². The second kappa shape index (κ2) is 3.22. The van der Waals surface area contributed by atoms with Gasteiger partial charge in [-0.15, -0.1) is 0 Å². The Morgan fingerprint density at radius 1 is 1.35 bits per heavy atom. The van der Waals surface area contributed by atoms with E-state index in [1.54, 1.807) is 0 Å². The molecular weight excluding hydrogens is 212 g/mol. The Labute approximate surface area is 101 Å². The zero-order chi connectivity index (χ0) is 12.2. The van der Waals surface area contributed by atoms with E-state index < -0.39 is 5.97 Å². The van der Waals surface area contributed by atoms with Crippen molar-refractivity contribution in [3.63, 3.8) is 0 Å². The van der Waals surface area contributed by atoms with Gasteiger partial charge in [-0.2, -0.15) is 0 Å². The van der Waals surface area contributed by atoms with Crippen molar-refractivity contribution in [3.8, 4) is 0 Å². The van der Waals surface area contributed by atoms with E-state index in [1.165, 1.54) is 16.7 Å². The number of carboxylic acids is 1. The van der Waals surface area contributed by atoms with Crippen LogP contribution in [0.25, 0.3) is 5.57 Å². The minimum Gasteiger partial charge on any atom is -0.481 e. The molecule has 3 rings (SSSR count). The van der Waals surface area contributed by atoms with Gasteiger partial charge in [0.15, 0.2) is 0 Å². The summed E-state index contributed by atoms with van der Waals surface area (Å²) in [4.78, 5) is 11.0. The molecule has 2 atom stereocenters. The predicted molar refractivity (Wildman–Crippen MR) is 66.7 cm³/mol. The van der Waals surface area contributed by atoms with E-state index in [2.05, 4.69) is 38.1 Å². The number of hydrogen-bond acceptors (Lipinski definition) is 1. The highest BCUT2D eigenvalue weighted by Gasteiger charge is 2.48. The molecule has 88 valence electrons. The van der Waals surface area contributed by atoms with Gasteiger partial charge >= 0.3 is 5.97 Å². The first-order chi connectivity index (χ1) is 8.00. The Morgan fingerprint density at radius 2 is 2.06 bits per heavy atom. The Balaban J connectivity index is 2.01. The molecule has 0 saturated heterocycles. The molecule has 0 radical (unpaired) electrons. The van der Waals surface area contributed by atoms with Crippen LogP contribution < -0.4 is 0 Å². The van der Waals surface area contributed by atoms with E-state index in [0.717, 1.165) is 6.42 Å². The molecule has 17 heavy (non-hydrogen) atoms. The van der Waals surface area contributed by atoms with E-state index in [4.69, 9.17) is 5.11 Å². The lowest BCUT2D eigenvalue weighted by Gasteiger charge is -2.16. The average Bonchev–Trinajstić information content (AvgIpc) is 3.01. The average molecular weight is 228 g/mol. The van der Waals surface area contributed by atoms with Gasteiger partial charge in [0.1, 0.15) is 0 Å². The number of hydrogen-bond donors (Lipinski definition) is 1. The van der Waals surface area contributed by atoms with Gasteiger partial charge in [-0.3, -0.25) is 4.79 Å². The molecule has 2 nitrogen and oxygen atoms in total. The van der Waals surface area contributed by atoms with Crippen molar-refractivity contribution in [1.29, 1.82) is 0 Å². The van der Waals surface area contributed by atoms with Crippen molar-refractivity contribution >= 4 is 11.5 Å². The maximum absolute atomic E-state index is 11.0. The second-order valence-electron chi connectivity index (χ2n) is 5.65.